The van der Waals surface area contributed by atoms with Gasteiger partial charge in [-0.05, 0) is 12.1 Å². The Morgan fingerprint density at radius 1 is 1.47 bits per heavy atom. The number of nitro benzene ring substituents is 1. The zero-order valence-electron chi connectivity index (χ0n) is 9.74. The maximum absolute atomic E-state index is 11.2. The lowest BCUT2D eigenvalue weighted by atomic mass is 10.1. The van der Waals surface area contributed by atoms with Crippen LogP contribution in [0.1, 0.15) is 5.56 Å². The van der Waals surface area contributed by atoms with Crippen molar-refractivity contribution in [2.24, 2.45) is 0 Å². The summed E-state index contributed by atoms with van der Waals surface area (Å²) in [5.74, 6) is -0.0264. The first kappa shape index (κ1) is 14.0. The number of benzene rings is 1. The Morgan fingerprint density at radius 3 is 2.79 bits per heavy atom. The van der Waals surface area contributed by atoms with Crippen LogP contribution in [0.5, 0.6) is 0 Å². The molecule has 1 aliphatic heterocycles. The van der Waals surface area contributed by atoms with Crippen LogP contribution in [0, 0.1) is 10.1 Å². The predicted octanol–water partition coefficient (Wildman–Crippen LogP) is 1.65. The summed E-state index contributed by atoms with van der Waals surface area (Å²) in [6, 6.07) is 3.95. The molecule has 1 unspecified atom stereocenters. The highest BCUT2D eigenvalue weighted by molar-refractivity contribution is 7.94. The summed E-state index contributed by atoms with van der Waals surface area (Å²) in [5, 5.41) is 15.4. The molecule has 0 amide bonds. The van der Waals surface area contributed by atoms with Gasteiger partial charge < -0.3 is 5.32 Å². The summed E-state index contributed by atoms with van der Waals surface area (Å²) < 4.78 is 22.5. The fraction of sp³-hybridized carbons (Fsp3) is 0.273. The number of hydrogen-bond donors (Lipinski definition) is 1. The molecular weight excluding hydrogens is 292 g/mol. The maximum Gasteiger partial charge on any atom is 0.273 e. The topological polar surface area (TPSA) is 89.3 Å². The van der Waals surface area contributed by atoms with Crippen molar-refractivity contribution in [2.45, 2.75) is 12.6 Å². The van der Waals surface area contributed by atoms with E-state index in [1.54, 1.807) is 0 Å². The average Bonchev–Trinajstić information content (AvgIpc) is 2.66. The monoisotopic (exact) mass is 302 g/mol. The summed E-state index contributed by atoms with van der Waals surface area (Å²) >= 11 is 5.80. The Bertz CT molecular complexity index is 642. The average molecular weight is 303 g/mol. The fourth-order valence-electron chi connectivity index (χ4n) is 1.82. The first-order valence-electron chi connectivity index (χ1n) is 5.44. The van der Waals surface area contributed by atoms with Crippen LogP contribution in [0.15, 0.2) is 29.7 Å². The Labute approximate surface area is 115 Å². The van der Waals surface area contributed by atoms with Crippen molar-refractivity contribution in [1.29, 1.82) is 0 Å². The van der Waals surface area contributed by atoms with Gasteiger partial charge in [0.15, 0.2) is 9.84 Å². The van der Waals surface area contributed by atoms with Crippen molar-refractivity contribution in [3.05, 3.63) is 50.4 Å². The van der Waals surface area contributed by atoms with E-state index in [-0.39, 0.29) is 24.0 Å². The van der Waals surface area contributed by atoms with Crippen LogP contribution in [0.3, 0.4) is 0 Å². The molecule has 0 saturated heterocycles. The number of nitrogens with one attached hydrogen (secondary N) is 1. The molecule has 1 aromatic rings. The molecule has 0 fully saturated rings. The summed E-state index contributed by atoms with van der Waals surface area (Å²) in [4.78, 5) is 10.4. The van der Waals surface area contributed by atoms with E-state index in [9.17, 15) is 18.5 Å². The lowest BCUT2D eigenvalue weighted by Gasteiger charge is -2.10. The molecule has 0 aliphatic carbocycles. The first-order chi connectivity index (χ1) is 8.87. The molecule has 0 saturated carbocycles. The third-order valence-corrected chi connectivity index (χ3v) is 4.35. The van der Waals surface area contributed by atoms with Gasteiger partial charge in [-0.15, -0.1) is 0 Å². The number of rotatable bonds is 4. The highest BCUT2D eigenvalue weighted by Gasteiger charge is 2.22. The Balaban J connectivity index is 2.10. The van der Waals surface area contributed by atoms with Crippen LogP contribution in [-0.4, -0.2) is 25.1 Å². The summed E-state index contributed by atoms with van der Waals surface area (Å²) in [6.07, 6.45) is 1.53. The van der Waals surface area contributed by atoms with Gasteiger partial charge in [-0.2, -0.15) is 0 Å². The quantitative estimate of drug-likeness (QED) is 0.674. The molecular formula is C11H11ClN2O4S. The Morgan fingerprint density at radius 2 is 2.21 bits per heavy atom. The third-order valence-electron chi connectivity index (χ3n) is 2.72. The lowest BCUT2D eigenvalue weighted by Crippen LogP contribution is -2.29. The molecule has 2 rings (SSSR count). The number of nitrogens with zero attached hydrogens (tertiary/aromatic N) is 1. The molecule has 1 heterocycles. The van der Waals surface area contributed by atoms with Crippen molar-refractivity contribution in [2.75, 3.05) is 5.75 Å². The van der Waals surface area contributed by atoms with Crippen LogP contribution in [0.4, 0.5) is 5.69 Å². The van der Waals surface area contributed by atoms with Gasteiger partial charge >= 0.3 is 0 Å². The molecule has 0 spiro atoms. The lowest BCUT2D eigenvalue weighted by molar-refractivity contribution is -0.385. The van der Waals surface area contributed by atoms with Gasteiger partial charge in [0.25, 0.3) is 5.69 Å². The second-order valence-corrected chi connectivity index (χ2v) is 6.54. The van der Waals surface area contributed by atoms with E-state index < -0.39 is 14.8 Å². The second-order valence-electron chi connectivity index (χ2n) is 4.18. The zero-order chi connectivity index (χ0) is 14.0. The second kappa shape index (κ2) is 5.28. The van der Waals surface area contributed by atoms with E-state index in [1.807, 2.05) is 0 Å². The number of nitro groups is 1. The smallest absolute Gasteiger partial charge is 0.273 e. The van der Waals surface area contributed by atoms with Crippen molar-refractivity contribution in [3.63, 3.8) is 0 Å². The molecule has 1 aromatic carbocycles. The van der Waals surface area contributed by atoms with Crippen LogP contribution < -0.4 is 5.32 Å². The van der Waals surface area contributed by atoms with Crippen molar-refractivity contribution >= 4 is 27.1 Å². The van der Waals surface area contributed by atoms with Gasteiger partial charge in [-0.1, -0.05) is 17.7 Å². The molecule has 102 valence electrons. The fourth-order valence-corrected chi connectivity index (χ4v) is 3.28. The number of sulfone groups is 1. The largest absolute Gasteiger partial charge is 0.305 e. The molecule has 8 heteroatoms. The molecule has 0 aromatic heterocycles. The van der Waals surface area contributed by atoms with Gasteiger partial charge in [0.05, 0.1) is 10.7 Å². The van der Waals surface area contributed by atoms with E-state index in [0.29, 0.717) is 10.6 Å². The van der Waals surface area contributed by atoms with E-state index in [1.165, 1.54) is 24.3 Å². The van der Waals surface area contributed by atoms with Gasteiger partial charge in [-0.3, -0.25) is 10.1 Å². The Hall–Kier alpha value is -1.44. The summed E-state index contributed by atoms with van der Waals surface area (Å²) in [6.45, 7) is 0.182. The highest BCUT2D eigenvalue weighted by atomic mass is 35.5. The van der Waals surface area contributed by atoms with E-state index in [4.69, 9.17) is 11.6 Å². The molecule has 19 heavy (non-hydrogen) atoms. The molecule has 1 aliphatic rings. The van der Waals surface area contributed by atoms with Gasteiger partial charge in [0, 0.05) is 34.6 Å². The predicted molar refractivity (Wildman–Crippen MR) is 71.7 cm³/mol. The standard InChI is InChI=1S/C11H11ClN2O4S/c12-9-1-2-11(14(15)16)8(5-9)6-13-10-3-4-19(17,18)7-10/h1-5,10,13H,6-7H2. The van der Waals surface area contributed by atoms with Gasteiger partial charge in [-0.25, -0.2) is 8.42 Å². The molecule has 6 nitrogen and oxygen atoms in total. The first-order valence-corrected chi connectivity index (χ1v) is 7.54. The van der Waals surface area contributed by atoms with Gasteiger partial charge in [0.1, 0.15) is 0 Å². The summed E-state index contributed by atoms with van der Waals surface area (Å²) in [7, 11) is -3.14. The molecule has 1 atom stereocenters. The minimum atomic E-state index is -3.14. The molecule has 0 radical (unpaired) electrons. The molecule has 0 bridgehead atoms. The number of halogens is 1. The Kier molecular flexibility index (Phi) is 3.88. The van der Waals surface area contributed by atoms with Crippen LogP contribution in [0.2, 0.25) is 5.02 Å². The number of hydrogen-bond acceptors (Lipinski definition) is 5. The van der Waals surface area contributed by atoms with E-state index in [0.717, 1.165) is 5.41 Å². The molecule has 1 N–H and O–H groups in total. The van der Waals surface area contributed by atoms with Crippen molar-refractivity contribution in [3.8, 4) is 0 Å². The van der Waals surface area contributed by atoms with E-state index >= 15 is 0 Å². The van der Waals surface area contributed by atoms with Crippen molar-refractivity contribution < 1.29 is 13.3 Å². The highest BCUT2D eigenvalue weighted by Crippen LogP contribution is 2.23. The minimum absolute atomic E-state index is 0.0264. The zero-order valence-corrected chi connectivity index (χ0v) is 11.3. The SMILES string of the molecule is O=[N+]([O-])c1ccc(Cl)cc1CNC1C=CS(=O)(=O)C1. The third kappa shape index (κ3) is 3.52. The normalized spacial score (nSPS) is 20.6. The van der Waals surface area contributed by atoms with Crippen LogP contribution in [-0.2, 0) is 16.4 Å². The van der Waals surface area contributed by atoms with E-state index in [2.05, 4.69) is 5.32 Å². The van der Waals surface area contributed by atoms with Crippen molar-refractivity contribution in [1.82, 2.24) is 5.32 Å². The van der Waals surface area contributed by atoms with Crippen LogP contribution >= 0.6 is 11.6 Å². The minimum Gasteiger partial charge on any atom is -0.305 e. The van der Waals surface area contributed by atoms with Crippen LogP contribution in [0.25, 0.3) is 0 Å². The van der Waals surface area contributed by atoms with Gasteiger partial charge in [0.2, 0.25) is 0 Å². The maximum atomic E-state index is 11.2. The summed E-state index contributed by atoms with van der Waals surface area (Å²) in [5.41, 5.74) is 0.386.